The molecule has 7 nitrogen and oxygen atoms in total. The van der Waals surface area contributed by atoms with Crippen molar-refractivity contribution >= 4 is 23.1 Å². The molecular weight excluding hydrogens is 342 g/mol. The molecule has 2 heterocycles. The number of piperazine rings is 1. The fraction of sp³-hybridized carbons (Fsp3) is 0.294. The molecule has 2 aromatic rings. The van der Waals surface area contributed by atoms with Gasteiger partial charge < -0.3 is 4.90 Å². The third kappa shape index (κ3) is 4.05. The second-order valence-corrected chi connectivity index (χ2v) is 6.24. The summed E-state index contributed by atoms with van der Waals surface area (Å²) < 4.78 is 0. The molecule has 0 spiro atoms. The van der Waals surface area contributed by atoms with E-state index < -0.39 is 4.92 Å². The van der Waals surface area contributed by atoms with Crippen molar-refractivity contribution in [1.29, 1.82) is 5.26 Å². The highest BCUT2D eigenvalue weighted by atomic mass is 35.5. The van der Waals surface area contributed by atoms with Crippen molar-refractivity contribution in [1.82, 2.24) is 9.88 Å². The van der Waals surface area contributed by atoms with Gasteiger partial charge in [-0.25, -0.2) is 4.98 Å². The van der Waals surface area contributed by atoms with Gasteiger partial charge in [-0.05, 0) is 23.8 Å². The van der Waals surface area contributed by atoms with E-state index in [2.05, 4.69) is 16.0 Å². The number of halogens is 1. The fourth-order valence-electron chi connectivity index (χ4n) is 2.88. The molecule has 0 radical (unpaired) electrons. The molecule has 128 valence electrons. The summed E-state index contributed by atoms with van der Waals surface area (Å²) in [5.41, 5.74) is 0.760. The molecule has 25 heavy (non-hydrogen) atoms. The Morgan fingerprint density at radius 1 is 1.24 bits per heavy atom. The Morgan fingerprint density at radius 3 is 2.64 bits per heavy atom. The minimum atomic E-state index is -0.585. The van der Waals surface area contributed by atoms with Gasteiger partial charge in [0.2, 0.25) is 5.69 Å². The van der Waals surface area contributed by atoms with Crippen molar-refractivity contribution in [2.24, 2.45) is 0 Å². The maximum atomic E-state index is 10.9. The van der Waals surface area contributed by atoms with Crippen molar-refractivity contribution in [3.8, 4) is 6.07 Å². The number of aromatic nitrogens is 1. The molecule has 1 aromatic carbocycles. The smallest absolute Gasteiger partial charge is 0.305 e. The van der Waals surface area contributed by atoms with Gasteiger partial charge in [-0.1, -0.05) is 23.7 Å². The molecule has 0 saturated carbocycles. The predicted molar refractivity (Wildman–Crippen MR) is 94.5 cm³/mol. The highest BCUT2D eigenvalue weighted by Gasteiger charge is 2.21. The number of hydrogen-bond acceptors (Lipinski definition) is 6. The number of anilines is 1. The van der Waals surface area contributed by atoms with Crippen LogP contribution >= 0.6 is 11.6 Å². The number of nitrogens with zero attached hydrogens (tertiary/aromatic N) is 5. The van der Waals surface area contributed by atoms with Crippen LogP contribution in [0.4, 0.5) is 11.5 Å². The summed E-state index contributed by atoms with van der Waals surface area (Å²) in [6.45, 7) is 4.00. The van der Waals surface area contributed by atoms with Crippen molar-refractivity contribution in [3.05, 3.63) is 62.8 Å². The van der Waals surface area contributed by atoms with Crippen molar-refractivity contribution in [2.45, 2.75) is 6.54 Å². The lowest BCUT2D eigenvalue weighted by atomic mass is 10.2. The van der Waals surface area contributed by atoms with Gasteiger partial charge in [0.05, 0.1) is 4.92 Å². The standard InChI is InChI=1S/C17H16ClN5O2/c18-14-3-1-2-13(10-14)12-21-6-8-22(9-7-21)17-5-4-16(23(24)25)15(11-19)20-17/h1-5,10H,6-9,12H2. The van der Waals surface area contributed by atoms with Gasteiger partial charge in [0.1, 0.15) is 11.9 Å². The summed E-state index contributed by atoms with van der Waals surface area (Å²) in [7, 11) is 0. The molecule has 0 bridgehead atoms. The number of rotatable bonds is 4. The van der Waals surface area contributed by atoms with Crippen molar-refractivity contribution in [2.75, 3.05) is 31.1 Å². The van der Waals surface area contributed by atoms with Crippen LogP contribution in [0, 0.1) is 21.4 Å². The lowest BCUT2D eigenvalue weighted by Crippen LogP contribution is -2.46. The van der Waals surface area contributed by atoms with Crippen LogP contribution in [0.2, 0.25) is 5.02 Å². The zero-order chi connectivity index (χ0) is 17.8. The fourth-order valence-corrected chi connectivity index (χ4v) is 3.09. The molecule has 8 heteroatoms. The monoisotopic (exact) mass is 357 g/mol. The van der Waals surface area contributed by atoms with Crippen LogP contribution in [0.3, 0.4) is 0 Å². The van der Waals surface area contributed by atoms with E-state index in [1.165, 1.54) is 11.6 Å². The number of nitriles is 1. The van der Waals surface area contributed by atoms with E-state index in [1.807, 2.05) is 23.1 Å². The normalized spacial score (nSPS) is 15.0. The van der Waals surface area contributed by atoms with Gasteiger partial charge in [0.25, 0.3) is 0 Å². The Labute approximate surface area is 150 Å². The molecule has 1 fully saturated rings. The summed E-state index contributed by atoms with van der Waals surface area (Å²) in [6, 6.07) is 12.6. The maximum absolute atomic E-state index is 10.9. The molecule has 0 aliphatic carbocycles. The largest absolute Gasteiger partial charge is 0.354 e. The Kier molecular flexibility index (Phi) is 5.12. The first-order valence-corrected chi connectivity index (χ1v) is 8.22. The second-order valence-electron chi connectivity index (χ2n) is 5.80. The van der Waals surface area contributed by atoms with Gasteiger partial charge in [-0.2, -0.15) is 5.26 Å². The van der Waals surface area contributed by atoms with E-state index in [0.29, 0.717) is 5.82 Å². The third-order valence-electron chi connectivity index (χ3n) is 4.15. The first-order chi connectivity index (χ1) is 12.1. The van der Waals surface area contributed by atoms with Crippen LogP contribution < -0.4 is 4.90 Å². The molecular formula is C17H16ClN5O2. The van der Waals surface area contributed by atoms with E-state index in [4.69, 9.17) is 16.9 Å². The number of benzene rings is 1. The van der Waals surface area contributed by atoms with Crippen LogP contribution in [0.5, 0.6) is 0 Å². The van der Waals surface area contributed by atoms with E-state index in [0.717, 1.165) is 37.7 Å². The Balaban J connectivity index is 1.64. The Morgan fingerprint density at radius 2 is 2.00 bits per heavy atom. The highest BCUT2D eigenvalue weighted by molar-refractivity contribution is 6.30. The topological polar surface area (TPSA) is 86.3 Å². The van der Waals surface area contributed by atoms with E-state index in [-0.39, 0.29) is 11.4 Å². The van der Waals surface area contributed by atoms with Crippen LogP contribution in [0.15, 0.2) is 36.4 Å². The highest BCUT2D eigenvalue weighted by Crippen LogP contribution is 2.22. The Hall–Kier alpha value is -2.69. The summed E-state index contributed by atoms with van der Waals surface area (Å²) in [6.07, 6.45) is 0. The summed E-state index contributed by atoms with van der Waals surface area (Å²) >= 11 is 6.02. The van der Waals surface area contributed by atoms with E-state index >= 15 is 0 Å². The number of pyridine rings is 1. The number of nitro groups is 1. The van der Waals surface area contributed by atoms with E-state index in [9.17, 15) is 10.1 Å². The SMILES string of the molecule is N#Cc1nc(N2CCN(Cc3cccc(Cl)c3)CC2)ccc1[N+](=O)[O-]. The molecule has 1 aliphatic heterocycles. The third-order valence-corrected chi connectivity index (χ3v) is 4.39. The molecule has 1 aliphatic rings. The minimum absolute atomic E-state index is 0.149. The summed E-state index contributed by atoms with van der Waals surface area (Å²) in [4.78, 5) is 18.8. The van der Waals surface area contributed by atoms with Gasteiger partial charge >= 0.3 is 5.69 Å². The maximum Gasteiger partial charge on any atom is 0.305 e. The van der Waals surface area contributed by atoms with Crippen LogP contribution in [-0.2, 0) is 6.54 Å². The molecule has 3 rings (SSSR count). The average molecular weight is 358 g/mol. The van der Waals surface area contributed by atoms with Crippen molar-refractivity contribution in [3.63, 3.8) is 0 Å². The first-order valence-electron chi connectivity index (χ1n) is 7.84. The first kappa shape index (κ1) is 17.1. The van der Waals surface area contributed by atoms with Gasteiger partial charge in [0, 0.05) is 43.8 Å². The summed E-state index contributed by atoms with van der Waals surface area (Å²) in [5, 5.41) is 20.7. The molecule has 0 amide bonds. The molecule has 0 N–H and O–H groups in total. The zero-order valence-electron chi connectivity index (χ0n) is 13.4. The lowest BCUT2D eigenvalue weighted by molar-refractivity contribution is -0.385. The number of hydrogen-bond donors (Lipinski definition) is 0. The zero-order valence-corrected chi connectivity index (χ0v) is 14.2. The van der Waals surface area contributed by atoms with Gasteiger partial charge in [-0.3, -0.25) is 15.0 Å². The minimum Gasteiger partial charge on any atom is -0.354 e. The second kappa shape index (κ2) is 7.47. The lowest BCUT2D eigenvalue weighted by Gasteiger charge is -2.35. The Bertz CT molecular complexity index is 828. The van der Waals surface area contributed by atoms with Crippen LogP contribution in [0.1, 0.15) is 11.3 Å². The predicted octanol–water partition coefficient (Wildman–Crippen LogP) is 2.84. The van der Waals surface area contributed by atoms with E-state index in [1.54, 1.807) is 12.1 Å². The quantitative estimate of drug-likeness (QED) is 0.617. The molecule has 1 saturated heterocycles. The molecule has 0 atom stereocenters. The molecule has 1 aromatic heterocycles. The molecule has 0 unspecified atom stereocenters. The van der Waals surface area contributed by atoms with Gasteiger partial charge in [0.15, 0.2) is 0 Å². The van der Waals surface area contributed by atoms with Crippen LogP contribution in [-0.4, -0.2) is 41.0 Å². The van der Waals surface area contributed by atoms with Gasteiger partial charge in [-0.15, -0.1) is 0 Å². The average Bonchev–Trinajstić information content (AvgIpc) is 2.61. The van der Waals surface area contributed by atoms with Crippen molar-refractivity contribution < 1.29 is 4.92 Å². The van der Waals surface area contributed by atoms with Crippen LogP contribution in [0.25, 0.3) is 0 Å². The summed E-state index contributed by atoms with van der Waals surface area (Å²) in [5.74, 6) is 0.601.